The summed E-state index contributed by atoms with van der Waals surface area (Å²) in [5, 5.41) is 11.6. The van der Waals surface area contributed by atoms with Crippen LogP contribution in [-0.2, 0) is 28.6 Å². The van der Waals surface area contributed by atoms with Crippen LogP contribution in [0.2, 0.25) is 0 Å². The first-order valence-electron chi connectivity index (χ1n) is 23.5. The summed E-state index contributed by atoms with van der Waals surface area (Å²) in [5.74, 6) is -1.76. The molecule has 0 radical (unpaired) electrons. The molecule has 8 heteroatoms. The van der Waals surface area contributed by atoms with Crippen LogP contribution in [0.15, 0.2) is 36.5 Å². The zero-order valence-corrected chi connectivity index (χ0v) is 37.8. The lowest BCUT2D eigenvalue weighted by Gasteiger charge is -2.34. The number of carboxylic acids is 1. The second kappa shape index (κ2) is 40.3. The van der Waals surface area contributed by atoms with Crippen molar-refractivity contribution < 1.29 is 38.2 Å². The summed E-state index contributed by atoms with van der Waals surface area (Å²) in [6.07, 6.45) is 45.9. The molecule has 57 heavy (non-hydrogen) atoms. The van der Waals surface area contributed by atoms with Crippen LogP contribution in [0.25, 0.3) is 0 Å². The molecule has 0 aliphatic carbocycles. The molecular formula is C49H89NO7. The molecule has 0 saturated carbocycles. The fourth-order valence-corrected chi connectivity index (χ4v) is 6.82. The van der Waals surface area contributed by atoms with E-state index in [4.69, 9.17) is 14.2 Å². The van der Waals surface area contributed by atoms with E-state index in [1.807, 2.05) is 0 Å². The minimum absolute atomic E-state index is 0.0344. The number of hydrogen-bond acceptors (Lipinski definition) is 7. The maximum Gasteiger partial charge on any atom is 0.306 e. The zero-order valence-electron chi connectivity index (χ0n) is 37.8. The van der Waals surface area contributed by atoms with Gasteiger partial charge in [-0.1, -0.05) is 159 Å². The highest BCUT2D eigenvalue weighted by atomic mass is 16.6. The molecule has 0 aliphatic rings. The van der Waals surface area contributed by atoms with Crippen LogP contribution in [-0.4, -0.2) is 75.5 Å². The maximum absolute atomic E-state index is 12.7. The molecule has 0 aromatic heterocycles. The third kappa shape index (κ3) is 38.8. The van der Waals surface area contributed by atoms with Gasteiger partial charge in [0.25, 0.3) is 0 Å². The van der Waals surface area contributed by atoms with Gasteiger partial charge in [0.1, 0.15) is 12.6 Å². The number of aliphatic carboxylic acids is 1. The van der Waals surface area contributed by atoms with E-state index in [0.717, 1.165) is 70.6 Å². The Morgan fingerprint density at radius 1 is 0.526 bits per heavy atom. The van der Waals surface area contributed by atoms with Gasteiger partial charge in [-0.3, -0.25) is 9.59 Å². The molecule has 0 N–H and O–H groups in total. The minimum atomic E-state index is -1.13. The Hall–Kier alpha value is -2.45. The van der Waals surface area contributed by atoms with Gasteiger partial charge < -0.3 is 28.6 Å². The van der Waals surface area contributed by atoms with E-state index in [9.17, 15) is 19.5 Å². The van der Waals surface area contributed by atoms with Crippen molar-refractivity contribution in [1.82, 2.24) is 0 Å². The van der Waals surface area contributed by atoms with Crippen molar-refractivity contribution in [3.8, 4) is 0 Å². The van der Waals surface area contributed by atoms with E-state index in [1.54, 1.807) is 21.1 Å². The first-order chi connectivity index (χ1) is 27.6. The summed E-state index contributed by atoms with van der Waals surface area (Å²) < 4.78 is 17.2. The topological polar surface area (TPSA) is 102 Å². The maximum atomic E-state index is 12.7. The van der Waals surface area contributed by atoms with Crippen molar-refractivity contribution in [1.29, 1.82) is 0 Å². The Balaban J connectivity index is 4.32. The van der Waals surface area contributed by atoms with Gasteiger partial charge in [0.2, 0.25) is 0 Å². The van der Waals surface area contributed by atoms with Gasteiger partial charge in [-0.15, -0.1) is 0 Å². The van der Waals surface area contributed by atoms with Crippen molar-refractivity contribution in [2.45, 2.75) is 219 Å². The van der Waals surface area contributed by atoms with Crippen LogP contribution >= 0.6 is 0 Å². The number of esters is 2. The molecule has 0 aromatic rings. The number of carboxylic acid groups (broad SMARTS) is 1. The molecular weight excluding hydrogens is 715 g/mol. The van der Waals surface area contributed by atoms with Crippen molar-refractivity contribution in [2.75, 3.05) is 41.0 Å². The second-order valence-corrected chi connectivity index (χ2v) is 17.0. The molecule has 2 unspecified atom stereocenters. The quantitative estimate of drug-likeness (QED) is 0.0199. The number of likely N-dealkylation sites (N-methyl/N-ethyl adjacent to an activating group) is 1. The number of unbranched alkanes of at least 4 members (excludes halogenated alkanes) is 23. The van der Waals surface area contributed by atoms with E-state index >= 15 is 0 Å². The Bertz CT molecular complexity index is 1030. The number of allylic oxidation sites excluding steroid dienone is 6. The summed E-state index contributed by atoms with van der Waals surface area (Å²) >= 11 is 0. The van der Waals surface area contributed by atoms with E-state index in [0.29, 0.717) is 12.8 Å². The molecule has 332 valence electrons. The van der Waals surface area contributed by atoms with Gasteiger partial charge in [0, 0.05) is 19.3 Å². The van der Waals surface area contributed by atoms with Crippen LogP contribution in [0, 0.1) is 0 Å². The monoisotopic (exact) mass is 804 g/mol. The standard InChI is InChI=1S/C49H89NO7/c1-6-8-10-12-14-16-18-20-22-23-24-26-27-29-31-33-35-37-39-47(51)56-44-45(43-55-42-41-46(49(53)54)50(3,4)5)57-48(52)40-38-36-34-32-30-28-25-21-19-17-15-13-11-9-7-2/h15,17,19,21,24,26,45-46H,6-14,16,18,20,22-23,25,27-44H2,1-5H3/b17-15+,21-19+,26-24+. The van der Waals surface area contributed by atoms with Gasteiger partial charge in [0.05, 0.1) is 40.3 Å². The van der Waals surface area contributed by atoms with Gasteiger partial charge in [-0.25, -0.2) is 0 Å². The molecule has 0 rings (SSSR count). The molecule has 0 aromatic carbocycles. The van der Waals surface area contributed by atoms with Crippen LogP contribution in [0.3, 0.4) is 0 Å². The average Bonchev–Trinajstić information content (AvgIpc) is 3.17. The molecule has 0 spiro atoms. The molecule has 0 fully saturated rings. The number of hydrogen-bond donors (Lipinski definition) is 0. The van der Waals surface area contributed by atoms with E-state index in [-0.39, 0.29) is 42.7 Å². The smallest absolute Gasteiger partial charge is 0.306 e. The Kier molecular flexibility index (Phi) is 38.6. The number of carbonyl (C=O) groups excluding carboxylic acids is 3. The lowest BCUT2D eigenvalue weighted by molar-refractivity contribution is -0.889. The van der Waals surface area contributed by atoms with Gasteiger partial charge in [-0.05, 0) is 64.2 Å². The lowest BCUT2D eigenvalue weighted by atomic mass is 10.1. The Morgan fingerprint density at radius 2 is 0.930 bits per heavy atom. The van der Waals surface area contributed by atoms with Gasteiger partial charge in [0.15, 0.2) is 6.10 Å². The summed E-state index contributed by atoms with van der Waals surface area (Å²) in [6.45, 7) is 4.62. The summed E-state index contributed by atoms with van der Waals surface area (Å²) in [7, 11) is 5.40. The van der Waals surface area contributed by atoms with Crippen molar-refractivity contribution in [2.24, 2.45) is 0 Å². The first-order valence-corrected chi connectivity index (χ1v) is 23.5. The number of nitrogens with zero attached hydrogens (tertiary/aromatic N) is 1. The summed E-state index contributed by atoms with van der Waals surface area (Å²) in [6, 6.07) is -0.728. The van der Waals surface area contributed by atoms with Crippen molar-refractivity contribution >= 4 is 17.9 Å². The SMILES string of the molecule is CCCCC/C=C/C=C/CCCCCCCCC(=O)OC(COCCC(C(=O)[O-])[N+](C)(C)C)COC(=O)CCCCCCC/C=C/CCCCCCCCCCC. The lowest BCUT2D eigenvalue weighted by Crippen LogP contribution is -2.55. The molecule has 0 aliphatic heterocycles. The molecule has 0 amide bonds. The molecule has 8 nitrogen and oxygen atoms in total. The van der Waals surface area contributed by atoms with Gasteiger partial charge in [-0.2, -0.15) is 0 Å². The van der Waals surface area contributed by atoms with Crippen LogP contribution < -0.4 is 5.11 Å². The second-order valence-electron chi connectivity index (χ2n) is 17.0. The van der Waals surface area contributed by atoms with Crippen molar-refractivity contribution in [3.63, 3.8) is 0 Å². The van der Waals surface area contributed by atoms with Crippen molar-refractivity contribution in [3.05, 3.63) is 36.5 Å². The summed E-state index contributed by atoms with van der Waals surface area (Å²) in [4.78, 5) is 36.9. The molecule has 0 heterocycles. The highest BCUT2D eigenvalue weighted by Gasteiger charge is 2.25. The van der Waals surface area contributed by atoms with Crippen LogP contribution in [0.1, 0.15) is 206 Å². The highest BCUT2D eigenvalue weighted by Crippen LogP contribution is 2.14. The van der Waals surface area contributed by atoms with E-state index in [1.165, 1.54) is 103 Å². The molecule has 0 bridgehead atoms. The average molecular weight is 804 g/mol. The first kappa shape index (κ1) is 54.6. The predicted molar refractivity (Wildman–Crippen MR) is 236 cm³/mol. The number of carbonyl (C=O) groups is 3. The number of rotatable bonds is 42. The van der Waals surface area contributed by atoms with Gasteiger partial charge >= 0.3 is 11.9 Å². The van der Waals surface area contributed by atoms with Crippen LogP contribution in [0.4, 0.5) is 0 Å². The summed E-state index contributed by atoms with van der Waals surface area (Å²) in [5.41, 5.74) is 0. The Labute approximate surface area is 351 Å². The fourth-order valence-electron chi connectivity index (χ4n) is 6.82. The normalized spacial score (nSPS) is 13.2. The van der Waals surface area contributed by atoms with E-state index in [2.05, 4.69) is 50.3 Å². The number of quaternary nitrogens is 1. The minimum Gasteiger partial charge on any atom is -0.544 e. The third-order valence-electron chi connectivity index (χ3n) is 10.5. The zero-order chi connectivity index (χ0) is 42.1. The molecule has 2 atom stereocenters. The Morgan fingerprint density at radius 3 is 1.40 bits per heavy atom. The predicted octanol–water partition coefficient (Wildman–Crippen LogP) is 11.7. The van der Waals surface area contributed by atoms with Crippen LogP contribution in [0.5, 0.6) is 0 Å². The largest absolute Gasteiger partial charge is 0.544 e. The molecule has 0 saturated heterocycles. The number of ether oxygens (including phenoxy) is 3. The highest BCUT2D eigenvalue weighted by molar-refractivity contribution is 5.70. The third-order valence-corrected chi connectivity index (χ3v) is 10.5. The fraction of sp³-hybridized carbons (Fsp3) is 0.816. The van der Waals surface area contributed by atoms with E-state index < -0.39 is 18.1 Å².